The van der Waals surface area contributed by atoms with Gasteiger partial charge in [0.2, 0.25) is 0 Å². The monoisotopic (exact) mass is 268 g/mol. The number of hydrogen-bond donors (Lipinski definition) is 0. The summed E-state index contributed by atoms with van der Waals surface area (Å²) in [4.78, 5) is 0. The quantitative estimate of drug-likeness (QED) is 0.639. The largest absolute Gasteiger partial charge is 0.207 e. The highest BCUT2D eigenvalue weighted by atomic mass is 19.1. The molecule has 0 heterocycles. The van der Waals surface area contributed by atoms with Crippen LogP contribution >= 0.6 is 0 Å². The van der Waals surface area contributed by atoms with E-state index in [1.165, 1.54) is 12.1 Å². The Morgan fingerprint density at radius 1 is 0.842 bits per heavy atom. The lowest BCUT2D eigenvalue weighted by Crippen LogP contribution is -2.25. The van der Waals surface area contributed by atoms with Gasteiger partial charge >= 0.3 is 0 Å². The van der Waals surface area contributed by atoms with E-state index in [0.29, 0.717) is 0 Å². The Kier molecular flexibility index (Phi) is 4.76. The summed E-state index contributed by atoms with van der Waals surface area (Å²) in [7, 11) is 0. The summed E-state index contributed by atoms with van der Waals surface area (Å²) in [5.41, 5.74) is 0.356. The Morgan fingerprint density at radius 2 is 1.26 bits per heavy atom. The van der Waals surface area contributed by atoms with Crippen LogP contribution < -0.4 is 0 Å². The smallest absolute Gasteiger partial charge is 0.130 e. The van der Waals surface area contributed by atoms with Crippen LogP contribution in [0.25, 0.3) is 0 Å². The lowest BCUT2D eigenvalue weighted by Gasteiger charge is -2.30. The van der Waals surface area contributed by atoms with Crippen LogP contribution in [0, 0.1) is 11.6 Å². The molecule has 108 valence electrons. The molecule has 0 aliphatic heterocycles. The van der Waals surface area contributed by atoms with Crippen LogP contribution in [0.5, 0.6) is 0 Å². The average molecular weight is 268 g/mol. The van der Waals surface area contributed by atoms with Crippen LogP contribution in [0.1, 0.15) is 71.9 Å². The molecule has 19 heavy (non-hydrogen) atoms. The van der Waals surface area contributed by atoms with Gasteiger partial charge in [-0.05, 0) is 47.8 Å². The summed E-state index contributed by atoms with van der Waals surface area (Å²) < 4.78 is 28.8. The van der Waals surface area contributed by atoms with Crippen LogP contribution in [0.3, 0.4) is 0 Å². The van der Waals surface area contributed by atoms with Crippen LogP contribution in [-0.2, 0) is 10.8 Å². The molecule has 0 saturated heterocycles. The maximum atomic E-state index is 14.4. The molecule has 1 aromatic rings. The Bertz CT molecular complexity index is 420. The Morgan fingerprint density at radius 3 is 1.58 bits per heavy atom. The maximum Gasteiger partial charge on any atom is 0.130 e. The predicted octanol–water partition coefficient (Wildman–Crippen LogP) is 5.73. The van der Waals surface area contributed by atoms with Crippen molar-refractivity contribution < 1.29 is 8.78 Å². The normalized spacial score (nSPS) is 12.8. The molecule has 0 spiro atoms. The summed E-state index contributed by atoms with van der Waals surface area (Å²) in [6.07, 6.45) is 2.31. The molecule has 0 N–H and O–H groups in total. The third-order valence-corrected chi connectivity index (χ3v) is 4.87. The molecule has 0 fully saturated rings. The standard InChI is InChI=1S/C17H26F2/c1-7-16(4,5)12-10-13(18)15(14(19)11-12)17(6,8-2)9-3/h10-11H,7-9H2,1-6H3. The van der Waals surface area contributed by atoms with Gasteiger partial charge in [-0.25, -0.2) is 8.78 Å². The number of rotatable bonds is 5. The SMILES string of the molecule is CCC(C)(C)c1cc(F)c(C(C)(CC)CC)c(F)c1. The van der Waals surface area contributed by atoms with Gasteiger partial charge in [-0.2, -0.15) is 0 Å². The molecule has 1 aromatic carbocycles. The summed E-state index contributed by atoms with van der Waals surface area (Å²) in [5, 5.41) is 0. The minimum atomic E-state index is -0.428. The predicted molar refractivity (Wildman–Crippen MR) is 77.6 cm³/mol. The van der Waals surface area contributed by atoms with Gasteiger partial charge < -0.3 is 0 Å². The second-order valence-corrected chi connectivity index (χ2v) is 6.32. The van der Waals surface area contributed by atoms with Gasteiger partial charge in [0.05, 0.1) is 0 Å². The van der Waals surface area contributed by atoms with Crippen LogP contribution in [0.4, 0.5) is 8.78 Å². The molecule has 0 saturated carbocycles. The van der Waals surface area contributed by atoms with Crippen molar-refractivity contribution in [2.24, 2.45) is 0 Å². The van der Waals surface area contributed by atoms with Crippen molar-refractivity contribution in [3.8, 4) is 0 Å². The first kappa shape index (κ1) is 16.1. The average Bonchev–Trinajstić information content (AvgIpc) is 2.37. The molecule has 0 aromatic heterocycles. The molecule has 1 rings (SSSR count). The Hall–Kier alpha value is -0.920. The molecule has 0 aliphatic rings. The van der Waals surface area contributed by atoms with Crippen molar-refractivity contribution in [1.29, 1.82) is 0 Å². The highest BCUT2D eigenvalue weighted by Crippen LogP contribution is 2.37. The highest BCUT2D eigenvalue weighted by molar-refractivity contribution is 5.35. The van der Waals surface area contributed by atoms with Gasteiger partial charge in [-0.1, -0.05) is 41.5 Å². The van der Waals surface area contributed by atoms with E-state index in [-0.39, 0.29) is 11.0 Å². The second-order valence-electron chi connectivity index (χ2n) is 6.32. The van der Waals surface area contributed by atoms with Crippen molar-refractivity contribution >= 4 is 0 Å². The topological polar surface area (TPSA) is 0 Å². The third kappa shape index (κ3) is 2.98. The highest BCUT2D eigenvalue weighted by Gasteiger charge is 2.31. The molecule has 0 bridgehead atoms. The number of hydrogen-bond acceptors (Lipinski definition) is 0. The summed E-state index contributed by atoms with van der Waals surface area (Å²) >= 11 is 0. The van der Waals surface area contributed by atoms with Gasteiger partial charge in [0.25, 0.3) is 0 Å². The fourth-order valence-electron chi connectivity index (χ4n) is 2.35. The van der Waals surface area contributed by atoms with Crippen LogP contribution in [0.2, 0.25) is 0 Å². The minimum absolute atomic E-state index is 0.199. The van der Waals surface area contributed by atoms with Crippen molar-refractivity contribution in [3.63, 3.8) is 0 Å². The summed E-state index contributed by atoms with van der Waals surface area (Å²) in [5.74, 6) is -0.801. The van der Waals surface area contributed by atoms with Gasteiger partial charge in [0.15, 0.2) is 0 Å². The molecule has 0 nitrogen and oxygen atoms in total. The van der Waals surface area contributed by atoms with E-state index in [1.807, 2.05) is 41.5 Å². The Labute approximate surface area is 116 Å². The second kappa shape index (κ2) is 5.60. The van der Waals surface area contributed by atoms with E-state index in [0.717, 1.165) is 24.8 Å². The van der Waals surface area contributed by atoms with Crippen LogP contribution in [-0.4, -0.2) is 0 Å². The first-order valence-electron chi connectivity index (χ1n) is 7.21. The molecular weight excluding hydrogens is 242 g/mol. The number of benzene rings is 1. The van der Waals surface area contributed by atoms with E-state index in [9.17, 15) is 8.78 Å². The van der Waals surface area contributed by atoms with Crippen molar-refractivity contribution in [2.75, 3.05) is 0 Å². The summed E-state index contributed by atoms with van der Waals surface area (Å²) in [6, 6.07) is 3.04. The van der Waals surface area contributed by atoms with E-state index < -0.39 is 17.0 Å². The third-order valence-electron chi connectivity index (χ3n) is 4.87. The van der Waals surface area contributed by atoms with Crippen molar-refractivity contribution in [1.82, 2.24) is 0 Å². The molecule has 0 atom stereocenters. The summed E-state index contributed by atoms with van der Waals surface area (Å²) in [6.45, 7) is 11.9. The molecule has 0 radical (unpaired) electrons. The first-order chi connectivity index (χ1) is 8.71. The zero-order chi connectivity index (χ0) is 14.8. The van der Waals surface area contributed by atoms with Gasteiger partial charge in [0.1, 0.15) is 11.6 Å². The Balaban J connectivity index is 3.41. The zero-order valence-electron chi connectivity index (χ0n) is 13.0. The van der Waals surface area contributed by atoms with Gasteiger partial charge in [-0.15, -0.1) is 0 Å². The lowest BCUT2D eigenvalue weighted by atomic mass is 9.75. The van der Waals surface area contributed by atoms with Crippen molar-refractivity contribution in [2.45, 2.75) is 71.6 Å². The molecule has 0 aliphatic carbocycles. The maximum absolute atomic E-state index is 14.4. The number of halogens is 2. The minimum Gasteiger partial charge on any atom is -0.207 e. The van der Waals surface area contributed by atoms with Gasteiger partial charge in [0, 0.05) is 5.56 Å². The lowest BCUT2D eigenvalue weighted by molar-refractivity contribution is 0.387. The first-order valence-corrected chi connectivity index (χ1v) is 7.21. The molecule has 2 heteroatoms. The fraction of sp³-hybridized carbons (Fsp3) is 0.647. The van der Waals surface area contributed by atoms with E-state index in [1.54, 1.807) is 0 Å². The van der Waals surface area contributed by atoms with Crippen molar-refractivity contribution in [3.05, 3.63) is 34.9 Å². The fourth-order valence-corrected chi connectivity index (χ4v) is 2.35. The zero-order valence-corrected chi connectivity index (χ0v) is 13.0. The van der Waals surface area contributed by atoms with E-state index >= 15 is 0 Å². The molecule has 0 amide bonds. The van der Waals surface area contributed by atoms with E-state index in [4.69, 9.17) is 0 Å². The molecular formula is C17H26F2. The molecule has 0 unspecified atom stereocenters. The van der Waals surface area contributed by atoms with Gasteiger partial charge in [-0.3, -0.25) is 0 Å². The van der Waals surface area contributed by atoms with Crippen LogP contribution in [0.15, 0.2) is 12.1 Å². The van der Waals surface area contributed by atoms with E-state index in [2.05, 4.69) is 0 Å².